The maximum Gasteiger partial charge on any atom is 0.303 e. The first-order chi connectivity index (χ1) is 21.0. The van der Waals surface area contributed by atoms with Crippen LogP contribution in [0.2, 0.25) is 0 Å². The topological polar surface area (TPSA) is 69.6 Å². The standard InChI is InChI=1S/C20H37NO.C12H25N.C8H14O2/c1-15(2)17-11-12-21(18(14-17)20(3,4)5)19(22)13-16-9-7-6-8-10-16;1-9(2)10-6-7-13-11(8-10)12(3,4)5;9-8(10)6-7-4-2-1-3-5-7/h15-18H,6-14H2,1-5H3;9-11,13H,6-8H2,1-5H3;7H,1-6H2,(H,9,10). The van der Waals surface area contributed by atoms with Crippen molar-refractivity contribution in [2.75, 3.05) is 13.1 Å². The van der Waals surface area contributed by atoms with Crippen molar-refractivity contribution in [2.45, 2.75) is 184 Å². The van der Waals surface area contributed by atoms with Crippen molar-refractivity contribution in [1.29, 1.82) is 0 Å². The van der Waals surface area contributed by atoms with Crippen LogP contribution in [0.4, 0.5) is 0 Å². The Kier molecular flexibility index (Phi) is 17.0. The lowest BCUT2D eigenvalue weighted by molar-refractivity contribution is -0.140. The van der Waals surface area contributed by atoms with Crippen molar-refractivity contribution in [3.63, 3.8) is 0 Å². The molecule has 4 rings (SSSR count). The Morgan fingerprint density at radius 1 is 0.689 bits per heavy atom. The Morgan fingerprint density at radius 3 is 1.62 bits per heavy atom. The molecule has 2 aliphatic heterocycles. The molecule has 2 saturated heterocycles. The average Bonchev–Trinajstić information content (AvgIpc) is 2.97. The third kappa shape index (κ3) is 14.7. The summed E-state index contributed by atoms with van der Waals surface area (Å²) in [6.45, 7) is 25.5. The van der Waals surface area contributed by atoms with Gasteiger partial charge >= 0.3 is 5.97 Å². The molecule has 0 radical (unpaired) electrons. The summed E-state index contributed by atoms with van der Waals surface area (Å²) in [6.07, 6.45) is 18.9. The lowest BCUT2D eigenvalue weighted by Gasteiger charge is -2.47. The number of likely N-dealkylation sites (tertiary alicyclic amines) is 1. The number of rotatable bonds is 6. The van der Waals surface area contributed by atoms with E-state index in [1.54, 1.807) is 0 Å². The number of nitrogens with one attached hydrogen (secondary N) is 1. The molecule has 4 atom stereocenters. The van der Waals surface area contributed by atoms with Gasteiger partial charge < -0.3 is 15.3 Å². The van der Waals surface area contributed by atoms with Gasteiger partial charge in [0.05, 0.1) is 0 Å². The number of carboxylic acid groups (broad SMARTS) is 1. The molecule has 2 heterocycles. The van der Waals surface area contributed by atoms with Gasteiger partial charge in [0.15, 0.2) is 0 Å². The number of amides is 1. The highest BCUT2D eigenvalue weighted by molar-refractivity contribution is 5.77. The number of piperidine rings is 2. The average molecular weight is 633 g/mol. The molecule has 2 aliphatic carbocycles. The fraction of sp³-hybridized carbons (Fsp3) is 0.950. The summed E-state index contributed by atoms with van der Waals surface area (Å²) in [6, 6.07) is 1.14. The molecule has 0 aromatic carbocycles. The minimum Gasteiger partial charge on any atom is -0.481 e. The van der Waals surface area contributed by atoms with Gasteiger partial charge in [-0.3, -0.25) is 9.59 Å². The van der Waals surface area contributed by atoms with Crippen LogP contribution in [0.25, 0.3) is 0 Å². The fourth-order valence-electron chi connectivity index (χ4n) is 8.32. The molecule has 5 heteroatoms. The third-order valence-electron chi connectivity index (χ3n) is 11.7. The predicted octanol–water partition coefficient (Wildman–Crippen LogP) is 10.4. The molecule has 264 valence electrons. The molecule has 0 aromatic rings. The molecule has 0 spiro atoms. The van der Waals surface area contributed by atoms with Gasteiger partial charge in [0.1, 0.15) is 0 Å². The summed E-state index contributed by atoms with van der Waals surface area (Å²) in [7, 11) is 0. The van der Waals surface area contributed by atoms with E-state index < -0.39 is 5.97 Å². The van der Waals surface area contributed by atoms with Gasteiger partial charge in [-0.05, 0) is 104 Å². The van der Waals surface area contributed by atoms with E-state index in [1.807, 2.05) is 0 Å². The van der Waals surface area contributed by atoms with Crippen molar-refractivity contribution in [2.24, 2.45) is 46.3 Å². The van der Waals surface area contributed by atoms with Crippen LogP contribution in [0, 0.1) is 46.3 Å². The Bertz CT molecular complexity index is 843. The van der Waals surface area contributed by atoms with Crippen molar-refractivity contribution in [3.8, 4) is 0 Å². The molecule has 0 aromatic heterocycles. The van der Waals surface area contributed by atoms with Gasteiger partial charge in [-0.1, -0.05) is 108 Å². The van der Waals surface area contributed by atoms with E-state index in [9.17, 15) is 9.59 Å². The first-order valence-electron chi connectivity index (χ1n) is 19.2. The van der Waals surface area contributed by atoms with Crippen molar-refractivity contribution in [3.05, 3.63) is 0 Å². The van der Waals surface area contributed by atoms with Crippen LogP contribution in [-0.2, 0) is 9.59 Å². The number of carbonyl (C=O) groups is 2. The molecule has 2 saturated carbocycles. The number of aliphatic carboxylic acids is 1. The largest absolute Gasteiger partial charge is 0.481 e. The molecule has 5 nitrogen and oxygen atoms in total. The molecule has 4 fully saturated rings. The molecule has 4 aliphatic rings. The predicted molar refractivity (Wildman–Crippen MR) is 191 cm³/mol. The van der Waals surface area contributed by atoms with Crippen LogP contribution < -0.4 is 5.32 Å². The molecule has 0 bridgehead atoms. The SMILES string of the molecule is CC(C)C1CCN(C(=O)CC2CCCCC2)C(C(C)(C)C)C1.CC(C)C1CCNC(C(C)(C)C)C1.O=C(O)CC1CCCCC1. The molecule has 45 heavy (non-hydrogen) atoms. The van der Waals surface area contributed by atoms with Gasteiger partial charge in [-0.15, -0.1) is 0 Å². The molecule has 1 amide bonds. The smallest absolute Gasteiger partial charge is 0.303 e. The first-order valence-corrected chi connectivity index (χ1v) is 19.2. The summed E-state index contributed by atoms with van der Waals surface area (Å²) < 4.78 is 0. The summed E-state index contributed by atoms with van der Waals surface area (Å²) >= 11 is 0. The number of hydrogen-bond donors (Lipinski definition) is 2. The highest BCUT2D eigenvalue weighted by Gasteiger charge is 2.39. The lowest BCUT2D eigenvalue weighted by atomic mass is 9.73. The maximum atomic E-state index is 12.9. The van der Waals surface area contributed by atoms with Crippen LogP contribution in [0.5, 0.6) is 0 Å². The van der Waals surface area contributed by atoms with Gasteiger partial charge in [0.25, 0.3) is 0 Å². The summed E-state index contributed by atoms with van der Waals surface area (Å²) in [5.41, 5.74) is 0.614. The van der Waals surface area contributed by atoms with Crippen molar-refractivity contribution >= 4 is 11.9 Å². The summed E-state index contributed by atoms with van der Waals surface area (Å²) in [5, 5.41) is 12.1. The van der Waals surface area contributed by atoms with E-state index in [0.717, 1.165) is 49.5 Å². The van der Waals surface area contributed by atoms with Crippen molar-refractivity contribution in [1.82, 2.24) is 10.2 Å². The monoisotopic (exact) mass is 633 g/mol. The van der Waals surface area contributed by atoms with E-state index in [4.69, 9.17) is 5.11 Å². The molecule has 2 N–H and O–H groups in total. The zero-order valence-corrected chi connectivity index (χ0v) is 31.6. The second-order valence-electron chi connectivity index (χ2n) is 18.2. The Hall–Kier alpha value is -1.10. The van der Waals surface area contributed by atoms with Crippen LogP contribution in [0.1, 0.15) is 172 Å². The van der Waals surface area contributed by atoms with Crippen LogP contribution in [0.15, 0.2) is 0 Å². The third-order valence-corrected chi connectivity index (χ3v) is 11.7. The minimum atomic E-state index is -0.632. The quantitative estimate of drug-likeness (QED) is 0.306. The second-order valence-corrected chi connectivity index (χ2v) is 18.2. The highest BCUT2D eigenvalue weighted by atomic mass is 16.4. The summed E-state index contributed by atoms with van der Waals surface area (Å²) in [5.74, 6) is 4.25. The number of hydrogen-bond acceptors (Lipinski definition) is 3. The van der Waals surface area contributed by atoms with Gasteiger partial charge in [0.2, 0.25) is 5.91 Å². The first kappa shape index (κ1) is 40.1. The zero-order valence-electron chi connectivity index (χ0n) is 31.6. The van der Waals surface area contributed by atoms with Crippen LogP contribution in [0.3, 0.4) is 0 Å². The second kappa shape index (κ2) is 19.0. The van der Waals surface area contributed by atoms with E-state index >= 15 is 0 Å². The van der Waals surface area contributed by atoms with E-state index in [0.29, 0.717) is 41.7 Å². The zero-order chi connectivity index (χ0) is 33.8. The lowest BCUT2D eigenvalue weighted by Crippen LogP contribution is -2.53. The van der Waals surface area contributed by atoms with Gasteiger partial charge in [0, 0.05) is 31.5 Å². The van der Waals surface area contributed by atoms with Gasteiger partial charge in [-0.2, -0.15) is 0 Å². The number of carboxylic acids is 1. The maximum absolute atomic E-state index is 12.9. The molecule has 4 unspecified atom stereocenters. The highest BCUT2D eigenvalue weighted by Crippen LogP contribution is 2.38. The molecular weight excluding hydrogens is 556 g/mol. The number of carbonyl (C=O) groups excluding carboxylic acids is 1. The van der Waals surface area contributed by atoms with Gasteiger partial charge in [-0.25, -0.2) is 0 Å². The summed E-state index contributed by atoms with van der Waals surface area (Å²) in [4.78, 5) is 25.5. The minimum absolute atomic E-state index is 0.190. The molecular formula is C40H76N2O3. The number of nitrogens with zero attached hydrogens (tertiary/aromatic N) is 1. The normalized spacial score (nSPS) is 27.3. The van der Waals surface area contributed by atoms with Crippen LogP contribution >= 0.6 is 0 Å². The Morgan fingerprint density at radius 2 is 1.18 bits per heavy atom. The fourth-order valence-corrected chi connectivity index (χ4v) is 8.32. The Balaban J connectivity index is 0.000000259. The van der Waals surface area contributed by atoms with E-state index in [2.05, 4.69) is 79.5 Å². The van der Waals surface area contributed by atoms with E-state index in [-0.39, 0.29) is 5.41 Å². The Labute approximate surface area is 279 Å². The van der Waals surface area contributed by atoms with E-state index in [1.165, 1.54) is 83.6 Å². The van der Waals surface area contributed by atoms with Crippen LogP contribution in [-0.4, -0.2) is 47.1 Å². The van der Waals surface area contributed by atoms with Crippen molar-refractivity contribution < 1.29 is 14.7 Å².